The van der Waals surface area contributed by atoms with Gasteiger partial charge in [0.05, 0.1) is 11.8 Å². The summed E-state index contributed by atoms with van der Waals surface area (Å²) >= 11 is 0. The fourth-order valence-electron chi connectivity index (χ4n) is 3.57. The molecular weight excluding hydrogens is 354 g/mol. The first-order valence-corrected chi connectivity index (χ1v) is 10.2. The summed E-state index contributed by atoms with van der Waals surface area (Å²) in [4.78, 5) is 31.3. The molecule has 0 bridgehead atoms. The van der Waals surface area contributed by atoms with Crippen molar-refractivity contribution in [3.63, 3.8) is 0 Å². The van der Waals surface area contributed by atoms with Crippen LogP contribution in [0.4, 0.5) is 11.4 Å². The lowest BCUT2D eigenvalue weighted by Crippen LogP contribution is -2.44. The molecular formula is C21H33N5O2. The Kier molecular flexibility index (Phi) is 6.91. The van der Waals surface area contributed by atoms with Crippen molar-refractivity contribution in [1.82, 2.24) is 15.1 Å². The lowest BCUT2D eigenvalue weighted by Gasteiger charge is -2.34. The maximum absolute atomic E-state index is 12.4. The number of hydrogen-bond acceptors (Lipinski definition) is 5. The number of anilines is 2. The Labute approximate surface area is 168 Å². The molecule has 7 nitrogen and oxygen atoms in total. The second-order valence-corrected chi connectivity index (χ2v) is 8.22. The molecule has 3 rings (SSSR count). The van der Waals surface area contributed by atoms with Gasteiger partial charge in [-0.1, -0.05) is 0 Å². The Balaban J connectivity index is 1.41. The molecule has 2 unspecified atom stereocenters. The van der Waals surface area contributed by atoms with Gasteiger partial charge in [0, 0.05) is 44.1 Å². The van der Waals surface area contributed by atoms with Gasteiger partial charge in [0.1, 0.15) is 0 Å². The number of amides is 2. The zero-order chi connectivity index (χ0) is 20.1. The Bertz CT molecular complexity index is 668. The molecule has 28 heavy (non-hydrogen) atoms. The molecule has 1 aliphatic carbocycles. The maximum Gasteiger partial charge on any atom is 0.228 e. The number of carbonyl (C=O) groups excluding carboxylic acids is 2. The minimum Gasteiger partial charge on any atom is -0.369 e. The summed E-state index contributed by atoms with van der Waals surface area (Å²) in [5, 5.41) is 5.90. The molecule has 7 heteroatoms. The van der Waals surface area contributed by atoms with Crippen LogP contribution in [-0.4, -0.2) is 82.0 Å². The number of nitrogens with one attached hydrogen (secondary N) is 2. The van der Waals surface area contributed by atoms with Crippen molar-refractivity contribution < 1.29 is 9.59 Å². The Morgan fingerprint density at radius 2 is 1.68 bits per heavy atom. The van der Waals surface area contributed by atoms with Crippen LogP contribution >= 0.6 is 0 Å². The molecule has 1 aliphatic heterocycles. The molecule has 2 atom stereocenters. The first-order chi connectivity index (χ1) is 13.4. The molecule has 1 saturated carbocycles. The van der Waals surface area contributed by atoms with Gasteiger partial charge in [-0.2, -0.15) is 0 Å². The van der Waals surface area contributed by atoms with Crippen LogP contribution in [0.5, 0.6) is 0 Å². The molecule has 0 radical (unpaired) electrons. The third kappa shape index (κ3) is 5.69. The zero-order valence-electron chi connectivity index (χ0n) is 17.3. The smallest absolute Gasteiger partial charge is 0.228 e. The summed E-state index contributed by atoms with van der Waals surface area (Å²) in [6.45, 7) is 5.79. The van der Waals surface area contributed by atoms with Crippen LogP contribution in [0.25, 0.3) is 0 Å². The number of piperazine rings is 1. The van der Waals surface area contributed by atoms with Gasteiger partial charge < -0.3 is 25.3 Å². The normalized spacial score (nSPS) is 22.2. The van der Waals surface area contributed by atoms with Crippen molar-refractivity contribution in [2.75, 3.05) is 70.6 Å². The molecule has 0 spiro atoms. The van der Waals surface area contributed by atoms with Gasteiger partial charge in [-0.05, 0) is 64.8 Å². The van der Waals surface area contributed by atoms with Gasteiger partial charge in [-0.15, -0.1) is 0 Å². The summed E-state index contributed by atoms with van der Waals surface area (Å²) in [6, 6.07) is 8.01. The molecule has 0 aromatic heterocycles. The summed E-state index contributed by atoms with van der Waals surface area (Å²) in [7, 11) is 6.17. The highest BCUT2D eigenvalue weighted by Crippen LogP contribution is 2.39. The van der Waals surface area contributed by atoms with Crippen molar-refractivity contribution in [2.45, 2.75) is 12.8 Å². The number of likely N-dealkylation sites (N-methyl/N-ethyl adjacent to an activating group) is 1. The predicted octanol–water partition coefficient (Wildman–Crippen LogP) is 1.08. The molecule has 1 saturated heterocycles. The number of hydrogen-bond donors (Lipinski definition) is 2. The maximum atomic E-state index is 12.4. The van der Waals surface area contributed by atoms with Crippen LogP contribution < -0.4 is 15.5 Å². The van der Waals surface area contributed by atoms with Gasteiger partial charge in [0.25, 0.3) is 0 Å². The van der Waals surface area contributed by atoms with Gasteiger partial charge in [0.2, 0.25) is 11.8 Å². The van der Waals surface area contributed by atoms with E-state index in [0.717, 1.165) is 44.8 Å². The van der Waals surface area contributed by atoms with Crippen LogP contribution in [-0.2, 0) is 9.59 Å². The van der Waals surface area contributed by atoms with Gasteiger partial charge >= 0.3 is 0 Å². The average Bonchev–Trinajstić information content (AvgIpc) is 3.47. The molecule has 2 amide bonds. The molecule has 2 aliphatic rings. The Morgan fingerprint density at radius 1 is 1.04 bits per heavy atom. The quantitative estimate of drug-likeness (QED) is 0.654. The van der Waals surface area contributed by atoms with Crippen LogP contribution in [0.3, 0.4) is 0 Å². The van der Waals surface area contributed by atoms with E-state index in [1.54, 1.807) is 0 Å². The van der Waals surface area contributed by atoms with Crippen LogP contribution in [0.15, 0.2) is 24.3 Å². The Hall–Kier alpha value is -2.12. The topological polar surface area (TPSA) is 67.9 Å². The average molecular weight is 388 g/mol. The summed E-state index contributed by atoms with van der Waals surface area (Å²) in [5.41, 5.74) is 1.98. The van der Waals surface area contributed by atoms with Gasteiger partial charge in [0.15, 0.2) is 0 Å². The van der Waals surface area contributed by atoms with Crippen LogP contribution in [0.1, 0.15) is 12.8 Å². The van der Waals surface area contributed by atoms with E-state index in [1.165, 1.54) is 5.69 Å². The first kappa shape index (κ1) is 20.6. The predicted molar refractivity (Wildman–Crippen MR) is 113 cm³/mol. The third-order valence-electron chi connectivity index (χ3n) is 5.55. The van der Waals surface area contributed by atoms with E-state index in [2.05, 4.69) is 44.5 Å². The van der Waals surface area contributed by atoms with E-state index in [9.17, 15) is 9.59 Å². The van der Waals surface area contributed by atoms with Gasteiger partial charge in [-0.3, -0.25) is 9.59 Å². The van der Waals surface area contributed by atoms with Crippen molar-refractivity contribution in [1.29, 1.82) is 0 Å². The number of benzene rings is 1. The summed E-state index contributed by atoms with van der Waals surface area (Å²) < 4.78 is 0. The third-order valence-corrected chi connectivity index (χ3v) is 5.55. The SMILES string of the molecule is CN(C)CCCNC(=O)C1CC1C(=O)Nc1ccc(N2CCN(C)CC2)cc1. The highest BCUT2D eigenvalue weighted by Gasteiger charge is 2.47. The highest BCUT2D eigenvalue weighted by atomic mass is 16.2. The minimum absolute atomic E-state index is 0.00400. The molecule has 1 aromatic carbocycles. The molecule has 2 fully saturated rings. The highest BCUT2D eigenvalue weighted by molar-refractivity contribution is 5.99. The monoisotopic (exact) mass is 387 g/mol. The standard InChI is InChI=1S/C21H33N5O2/c1-24(2)10-4-9-22-20(27)18-15-19(18)21(28)23-16-5-7-17(8-6-16)26-13-11-25(3)12-14-26/h5-8,18-19H,4,9-15H2,1-3H3,(H,22,27)(H,23,28). The number of carbonyl (C=O) groups is 2. The minimum atomic E-state index is -0.203. The van der Waals surface area contributed by atoms with E-state index in [0.29, 0.717) is 13.0 Å². The van der Waals surface area contributed by atoms with E-state index >= 15 is 0 Å². The van der Waals surface area contributed by atoms with E-state index in [-0.39, 0.29) is 23.7 Å². The molecule has 154 valence electrons. The molecule has 2 N–H and O–H groups in total. The largest absolute Gasteiger partial charge is 0.369 e. The first-order valence-electron chi connectivity index (χ1n) is 10.2. The van der Waals surface area contributed by atoms with Crippen LogP contribution in [0, 0.1) is 11.8 Å². The number of nitrogens with zero attached hydrogens (tertiary/aromatic N) is 3. The van der Waals surface area contributed by atoms with E-state index in [1.807, 2.05) is 26.2 Å². The van der Waals surface area contributed by atoms with E-state index in [4.69, 9.17) is 0 Å². The fraction of sp³-hybridized carbons (Fsp3) is 0.619. The number of rotatable bonds is 8. The lowest BCUT2D eigenvalue weighted by atomic mass is 10.2. The molecule has 1 heterocycles. The van der Waals surface area contributed by atoms with E-state index < -0.39 is 0 Å². The fourth-order valence-corrected chi connectivity index (χ4v) is 3.57. The van der Waals surface area contributed by atoms with Gasteiger partial charge in [-0.25, -0.2) is 0 Å². The Morgan fingerprint density at radius 3 is 2.32 bits per heavy atom. The zero-order valence-corrected chi connectivity index (χ0v) is 17.3. The summed E-state index contributed by atoms with van der Waals surface area (Å²) in [6.07, 6.45) is 1.56. The van der Waals surface area contributed by atoms with Crippen molar-refractivity contribution in [3.05, 3.63) is 24.3 Å². The van der Waals surface area contributed by atoms with Crippen molar-refractivity contribution in [3.8, 4) is 0 Å². The van der Waals surface area contributed by atoms with Crippen molar-refractivity contribution in [2.24, 2.45) is 11.8 Å². The second-order valence-electron chi connectivity index (χ2n) is 8.22. The second kappa shape index (κ2) is 9.39. The van der Waals surface area contributed by atoms with Crippen molar-refractivity contribution >= 4 is 23.2 Å². The van der Waals surface area contributed by atoms with Crippen LogP contribution in [0.2, 0.25) is 0 Å². The lowest BCUT2D eigenvalue weighted by molar-refractivity contribution is -0.125. The summed E-state index contributed by atoms with van der Waals surface area (Å²) in [5.74, 6) is -0.430. The molecule has 1 aromatic rings.